The van der Waals surface area contributed by atoms with Gasteiger partial charge in [0.1, 0.15) is 0 Å². The molecule has 96 valence electrons. The maximum absolute atomic E-state index is 12.1. The largest absolute Gasteiger partial charge is 0.335 e. The summed E-state index contributed by atoms with van der Waals surface area (Å²) in [6.45, 7) is 0.724. The van der Waals surface area contributed by atoms with Gasteiger partial charge in [-0.15, -0.1) is 0 Å². The van der Waals surface area contributed by atoms with E-state index in [0.717, 1.165) is 12.8 Å². The smallest absolute Gasteiger partial charge is 0.222 e. The minimum atomic E-state index is -0.169. The highest BCUT2D eigenvalue weighted by atomic mass is 35.5. The Morgan fingerprint density at radius 2 is 2.06 bits per heavy atom. The molecule has 1 fully saturated rings. The number of Topliss-reactive ketones (excluding diaryl/α,β-unsaturated/α-hetero) is 1. The summed E-state index contributed by atoms with van der Waals surface area (Å²) in [4.78, 5) is 25.3. The molecule has 0 aliphatic carbocycles. The molecule has 0 saturated carbocycles. The molecule has 0 atom stereocenters. The molecule has 2 rings (SSSR count). The first-order valence-corrected chi connectivity index (χ1v) is 6.59. The van der Waals surface area contributed by atoms with Crippen LogP contribution in [0.4, 0.5) is 0 Å². The predicted molar refractivity (Wildman–Crippen MR) is 71.2 cm³/mol. The second kappa shape index (κ2) is 5.72. The van der Waals surface area contributed by atoms with Crippen LogP contribution in [0.1, 0.15) is 29.6 Å². The average Bonchev–Trinajstić information content (AvgIpc) is 2.35. The van der Waals surface area contributed by atoms with Crippen molar-refractivity contribution in [1.82, 2.24) is 4.90 Å². The Morgan fingerprint density at radius 1 is 1.28 bits per heavy atom. The van der Waals surface area contributed by atoms with E-state index >= 15 is 0 Å². The van der Waals surface area contributed by atoms with Crippen LogP contribution in [0.2, 0.25) is 10.0 Å². The molecule has 1 aromatic rings. The Balaban J connectivity index is 2.11. The topological polar surface area (TPSA) is 37.4 Å². The van der Waals surface area contributed by atoms with Gasteiger partial charge in [0.25, 0.3) is 0 Å². The van der Waals surface area contributed by atoms with Crippen LogP contribution in [-0.4, -0.2) is 29.7 Å². The average molecular weight is 286 g/mol. The second-order valence-corrected chi connectivity index (χ2v) is 5.16. The number of carbonyl (C=O) groups excluding carboxylic acids is 2. The van der Waals surface area contributed by atoms with Crippen LogP contribution in [0.25, 0.3) is 0 Å². The fourth-order valence-corrected chi connectivity index (χ4v) is 2.39. The zero-order valence-electron chi connectivity index (χ0n) is 9.79. The molecular weight excluding hydrogens is 273 g/mol. The van der Waals surface area contributed by atoms with Crippen molar-refractivity contribution in [3.8, 4) is 0 Å². The first-order chi connectivity index (χ1) is 8.58. The van der Waals surface area contributed by atoms with Crippen molar-refractivity contribution >= 4 is 34.9 Å². The predicted octanol–water partition coefficient (Wildman–Crippen LogP) is 3.19. The van der Waals surface area contributed by atoms with Crippen LogP contribution in [0.15, 0.2) is 18.2 Å². The normalized spacial score (nSPS) is 15.9. The zero-order valence-corrected chi connectivity index (χ0v) is 11.3. The quantitative estimate of drug-likeness (QED) is 0.800. The molecule has 1 aliphatic rings. The number of carbonyl (C=O) groups is 2. The van der Waals surface area contributed by atoms with E-state index in [1.54, 1.807) is 23.1 Å². The summed E-state index contributed by atoms with van der Waals surface area (Å²) in [7, 11) is 0. The molecule has 1 amide bonds. The SMILES string of the molecule is O=C(CN1CCCCC1=O)c1cc(Cl)ccc1Cl. The second-order valence-electron chi connectivity index (χ2n) is 4.32. The first-order valence-electron chi connectivity index (χ1n) is 5.84. The number of amides is 1. The lowest BCUT2D eigenvalue weighted by atomic mass is 10.1. The van der Waals surface area contributed by atoms with Crippen molar-refractivity contribution in [2.75, 3.05) is 13.1 Å². The number of piperidine rings is 1. The fourth-order valence-electron chi connectivity index (χ4n) is 2.00. The van der Waals surface area contributed by atoms with Gasteiger partial charge in [-0.1, -0.05) is 23.2 Å². The van der Waals surface area contributed by atoms with E-state index in [4.69, 9.17) is 23.2 Å². The Labute approximate surface area is 116 Å². The fraction of sp³-hybridized carbons (Fsp3) is 0.385. The molecule has 1 aromatic carbocycles. The third kappa shape index (κ3) is 3.03. The Kier molecular flexibility index (Phi) is 4.25. The van der Waals surface area contributed by atoms with Crippen molar-refractivity contribution in [3.05, 3.63) is 33.8 Å². The molecule has 18 heavy (non-hydrogen) atoms. The lowest BCUT2D eigenvalue weighted by Gasteiger charge is -2.26. The highest BCUT2D eigenvalue weighted by molar-refractivity contribution is 6.36. The maximum Gasteiger partial charge on any atom is 0.222 e. The number of hydrogen-bond donors (Lipinski definition) is 0. The molecule has 0 N–H and O–H groups in total. The third-order valence-electron chi connectivity index (χ3n) is 2.98. The van der Waals surface area contributed by atoms with Crippen LogP contribution < -0.4 is 0 Å². The van der Waals surface area contributed by atoms with Crippen LogP contribution in [0, 0.1) is 0 Å². The van der Waals surface area contributed by atoms with Gasteiger partial charge < -0.3 is 4.90 Å². The van der Waals surface area contributed by atoms with Crippen LogP contribution in [0.3, 0.4) is 0 Å². The van der Waals surface area contributed by atoms with Crippen molar-refractivity contribution in [2.45, 2.75) is 19.3 Å². The number of benzene rings is 1. The van der Waals surface area contributed by atoms with Crippen molar-refractivity contribution < 1.29 is 9.59 Å². The summed E-state index contributed by atoms with van der Waals surface area (Å²) in [5, 5.41) is 0.835. The van der Waals surface area contributed by atoms with Gasteiger partial charge in [-0.05, 0) is 31.0 Å². The summed E-state index contributed by atoms with van der Waals surface area (Å²) in [5.74, 6) is -0.134. The van der Waals surface area contributed by atoms with E-state index in [2.05, 4.69) is 0 Å². The van der Waals surface area contributed by atoms with E-state index in [-0.39, 0.29) is 18.2 Å². The minimum Gasteiger partial charge on any atom is -0.335 e. The van der Waals surface area contributed by atoms with Crippen molar-refractivity contribution in [2.24, 2.45) is 0 Å². The molecule has 1 saturated heterocycles. The first kappa shape index (κ1) is 13.4. The van der Waals surface area contributed by atoms with Crippen LogP contribution in [0.5, 0.6) is 0 Å². The minimum absolute atomic E-state index is 0.0350. The number of nitrogens with zero attached hydrogens (tertiary/aromatic N) is 1. The van der Waals surface area contributed by atoms with Gasteiger partial charge in [-0.3, -0.25) is 9.59 Å². The van der Waals surface area contributed by atoms with Gasteiger partial charge in [-0.25, -0.2) is 0 Å². The highest BCUT2D eigenvalue weighted by Crippen LogP contribution is 2.22. The van der Waals surface area contributed by atoms with E-state index in [1.165, 1.54) is 0 Å². The van der Waals surface area contributed by atoms with Crippen LogP contribution >= 0.6 is 23.2 Å². The lowest BCUT2D eigenvalue weighted by Crippen LogP contribution is -2.39. The Bertz CT molecular complexity index is 488. The third-order valence-corrected chi connectivity index (χ3v) is 3.55. The summed E-state index contributed by atoms with van der Waals surface area (Å²) >= 11 is 11.8. The molecule has 0 radical (unpaired) electrons. The molecule has 0 spiro atoms. The van der Waals surface area contributed by atoms with Crippen molar-refractivity contribution in [1.29, 1.82) is 0 Å². The number of hydrogen-bond acceptors (Lipinski definition) is 2. The molecule has 0 unspecified atom stereocenters. The number of rotatable bonds is 3. The van der Waals surface area contributed by atoms with Crippen molar-refractivity contribution in [3.63, 3.8) is 0 Å². The van der Waals surface area contributed by atoms with Gasteiger partial charge in [0.15, 0.2) is 5.78 Å². The van der Waals surface area contributed by atoms with E-state index in [9.17, 15) is 9.59 Å². The molecule has 0 aromatic heterocycles. The number of halogens is 2. The van der Waals surface area contributed by atoms with Crippen LogP contribution in [-0.2, 0) is 4.79 Å². The van der Waals surface area contributed by atoms with E-state index in [1.807, 2.05) is 0 Å². The molecule has 0 bridgehead atoms. The summed E-state index contributed by atoms with van der Waals surface area (Å²) < 4.78 is 0. The van der Waals surface area contributed by atoms with E-state index < -0.39 is 0 Å². The monoisotopic (exact) mass is 285 g/mol. The molecule has 5 heteroatoms. The summed E-state index contributed by atoms with van der Waals surface area (Å²) in [5.41, 5.74) is 0.377. The highest BCUT2D eigenvalue weighted by Gasteiger charge is 2.22. The van der Waals surface area contributed by atoms with E-state index in [0.29, 0.717) is 28.6 Å². The number of ketones is 1. The summed E-state index contributed by atoms with van der Waals surface area (Å²) in [6.07, 6.45) is 2.38. The molecule has 1 aliphatic heterocycles. The van der Waals surface area contributed by atoms with Gasteiger partial charge in [0, 0.05) is 23.6 Å². The van der Waals surface area contributed by atoms with Gasteiger partial charge in [0.05, 0.1) is 11.6 Å². The molecule has 1 heterocycles. The molecular formula is C13H13Cl2NO2. The zero-order chi connectivity index (χ0) is 13.1. The van der Waals surface area contributed by atoms with Gasteiger partial charge in [-0.2, -0.15) is 0 Å². The number of likely N-dealkylation sites (tertiary alicyclic amines) is 1. The Hall–Kier alpha value is -1.06. The Morgan fingerprint density at radius 3 is 2.78 bits per heavy atom. The lowest BCUT2D eigenvalue weighted by molar-refractivity contribution is -0.132. The standard InChI is InChI=1S/C13H13Cl2NO2/c14-9-4-5-11(15)10(7-9)12(17)8-16-6-2-1-3-13(16)18/h4-5,7H,1-3,6,8H2. The molecule has 3 nitrogen and oxygen atoms in total. The summed E-state index contributed by atoms with van der Waals surface area (Å²) in [6, 6.07) is 4.77. The maximum atomic E-state index is 12.1. The van der Waals surface area contributed by atoms with Gasteiger partial charge >= 0.3 is 0 Å². The van der Waals surface area contributed by atoms with Gasteiger partial charge in [0.2, 0.25) is 5.91 Å².